The van der Waals surface area contributed by atoms with E-state index in [1.54, 1.807) is 7.11 Å². The summed E-state index contributed by atoms with van der Waals surface area (Å²) in [5, 5.41) is 2.91. The van der Waals surface area contributed by atoms with E-state index in [9.17, 15) is 4.79 Å². The predicted molar refractivity (Wildman–Crippen MR) is 74.8 cm³/mol. The summed E-state index contributed by atoms with van der Waals surface area (Å²) >= 11 is 0. The Hall–Kier alpha value is -1.59. The van der Waals surface area contributed by atoms with Crippen LogP contribution in [0.3, 0.4) is 0 Å². The SMILES string of the molecule is CO[C@H]1COC[C@@H]1NC(=O)CCOc1ccccc1C. The number of rotatable bonds is 6. The Morgan fingerprint density at radius 2 is 2.20 bits per heavy atom. The zero-order valence-electron chi connectivity index (χ0n) is 11.9. The molecule has 1 amide bonds. The van der Waals surface area contributed by atoms with Gasteiger partial charge in [0.25, 0.3) is 0 Å². The molecule has 0 aliphatic carbocycles. The molecule has 1 aliphatic rings. The minimum atomic E-state index is -0.0639. The second-order valence-corrected chi connectivity index (χ2v) is 4.85. The van der Waals surface area contributed by atoms with Crippen molar-refractivity contribution in [3.05, 3.63) is 29.8 Å². The highest BCUT2D eigenvalue weighted by Crippen LogP contribution is 2.16. The number of nitrogens with one attached hydrogen (secondary N) is 1. The van der Waals surface area contributed by atoms with Gasteiger partial charge in [0, 0.05) is 7.11 Å². The van der Waals surface area contributed by atoms with Gasteiger partial charge in [-0.2, -0.15) is 0 Å². The Kier molecular flexibility index (Phi) is 5.38. The van der Waals surface area contributed by atoms with Crippen LogP contribution in [0.4, 0.5) is 0 Å². The summed E-state index contributed by atoms with van der Waals surface area (Å²) in [6.45, 7) is 3.38. The summed E-state index contributed by atoms with van der Waals surface area (Å²) < 4.78 is 16.1. The van der Waals surface area contributed by atoms with E-state index in [1.807, 2.05) is 31.2 Å². The normalized spacial score (nSPS) is 21.7. The first-order valence-electron chi connectivity index (χ1n) is 6.79. The minimum absolute atomic E-state index is 0.0452. The lowest BCUT2D eigenvalue weighted by atomic mass is 10.2. The van der Waals surface area contributed by atoms with Crippen LogP contribution >= 0.6 is 0 Å². The molecule has 1 fully saturated rings. The van der Waals surface area contributed by atoms with E-state index >= 15 is 0 Å². The molecule has 2 atom stereocenters. The summed E-state index contributed by atoms with van der Waals surface area (Å²) in [5.74, 6) is 0.774. The first-order valence-corrected chi connectivity index (χ1v) is 6.79. The third-order valence-corrected chi connectivity index (χ3v) is 3.36. The average Bonchev–Trinajstić information content (AvgIpc) is 2.88. The fraction of sp³-hybridized carbons (Fsp3) is 0.533. The Morgan fingerprint density at radius 1 is 1.40 bits per heavy atom. The third kappa shape index (κ3) is 3.95. The summed E-state index contributed by atoms with van der Waals surface area (Å²) in [4.78, 5) is 11.8. The fourth-order valence-electron chi connectivity index (χ4n) is 2.15. The van der Waals surface area contributed by atoms with Crippen LogP contribution in [0.5, 0.6) is 5.75 Å². The lowest BCUT2D eigenvalue weighted by Crippen LogP contribution is -2.43. The highest BCUT2D eigenvalue weighted by atomic mass is 16.5. The van der Waals surface area contributed by atoms with Crippen LogP contribution in [-0.4, -0.2) is 45.0 Å². The van der Waals surface area contributed by atoms with Crippen molar-refractivity contribution in [1.82, 2.24) is 5.32 Å². The number of amides is 1. The Morgan fingerprint density at radius 3 is 2.95 bits per heavy atom. The lowest BCUT2D eigenvalue weighted by molar-refractivity contribution is -0.122. The largest absolute Gasteiger partial charge is 0.493 e. The molecule has 20 heavy (non-hydrogen) atoms. The second-order valence-electron chi connectivity index (χ2n) is 4.85. The van der Waals surface area contributed by atoms with E-state index in [0.29, 0.717) is 26.2 Å². The molecule has 1 saturated heterocycles. The van der Waals surface area contributed by atoms with Gasteiger partial charge in [0.2, 0.25) is 5.91 Å². The molecular formula is C15H21NO4. The predicted octanol–water partition coefficient (Wildman–Crippen LogP) is 1.29. The Labute approximate surface area is 119 Å². The van der Waals surface area contributed by atoms with E-state index < -0.39 is 0 Å². The van der Waals surface area contributed by atoms with Crippen molar-refractivity contribution >= 4 is 5.91 Å². The molecular weight excluding hydrogens is 258 g/mol. The molecule has 0 aromatic heterocycles. The summed E-state index contributed by atoms with van der Waals surface area (Å²) in [6.07, 6.45) is 0.262. The van der Waals surface area contributed by atoms with Crippen molar-refractivity contribution < 1.29 is 19.0 Å². The molecule has 0 bridgehead atoms. The molecule has 1 aromatic carbocycles. The van der Waals surface area contributed by atoms with Gasteiger partial charge in [-0.3, -0.25) is 4.79 Å². The van der Waals surface area contributed by atoms with Crippen molar-refractivity contribution in [3.8, 4) is 5.75 Å². The number of aryl methyl sites for hydroxylation is 1. The second kappa shape index (κ2) is 7.26. The Balaban J connectivity index is 1.72. The van der Waals surface area contributed by atoms with Crippen LogP contribution in [0.1, 0.15) is 12.0 Å². The maximum absolute atomic E-state index is 11.8. The number of ether oxygens (including phenoxy) is 3. The Bertz CT molecular complexity index is 449. The van der Waals surface area contributed by atoms with Crippen molar-refractivity contribution in [3.63, 3.8) is 0 Å². The van der Waals surface area contributed by atoms with Gasteiger partial charge >= 0.3 is 0 Å². The zero-order chi connectivity index (χ0) is 14.4. The van der Waals surface area contributed by atoms with E-state index in [0.717, 1.165) is 11.3 Å². The van der Waals surface area contributed by atoms with Gasteiger partial charge in [0.15, 0.2) is 0 Å². The molecule has 1 aromatic rings. The molecule has 1 heterocycles. The van der Waals surface area contributed by atoms with Crippen LogP contribution in [0.2, 0.25) is 0 Å². The molecule has 0 unspecified atom stereocenters. The zero-order valence-corrected chi connectivity index (χ0v) is 11.9. The van der Waals surface area contributed by atoms with Gasteiger partial charge in [-0.15, -0.1) is 0 Å². The number of carbonyl (C=O) groups excluding carboxylic acids is 1. The minimum Gasteiger partial charge on any atom is -0.493 e. The average molecular weight is 279 g/mol. The maximum atomic E-state index is 11.8. The molecule has 0 spiro atoms. The van der Waals surface area contributed by atoms with E-state index in [1.165, 1.54) is 0 Å². The van der Waals surface area contributed by atoms with Crippen molar-refractivity contribution in [2.24, 2.45) is 0 Å². The van der Waals surface area contributed by atoms with Gasteiger partial charge in [-0.1, -0.05) is 18.2 Å². The highest BCUT2D eigenvalue weighted by Gasteiger charge is 2.29. The van der Waals surface area contributed by atoms with Gasteiger partial charge in [0.05, 0.1) is 32.3 Å². The molecule has 2 rings (SSSR count). The molecule has 0 saturated carbocycles. The van der Waals surface area contributed by atoms with E-state index in [4.69, 9.17) is 14.2 Å². The molecule has 110 valence electrons. The molecule has 0 radical (unpaired) electrons. The summed E-state index contributed by atoms with van der Waals surface area (Å²) in [7, 11) is 1.62. The van der Waals surface area contributed by atoms with Crippen molar-refractivity contribution in [2.75, 3.05) is 26.9 Å². The number of hydrogen-bond acceptors (Lipinski definition) is 4. The standard InChI is InChI=1S/C15H21NO4/c1-11-5-3-4-6-13(11)20-8-7-15(17)16-12-9-19-10-14(12)18-2/h3-6,12,14H,7-10H2,1-2H3,(H,16,17)/t12-,14-/m0/s1. The first-order chi connectivity index (χ1) is 9.70. The first kappa shape index (κ1) is 14.8. The van der Waals surface area contributed by atoms with Crippen LogP contribution in [-0.2, 0) is 14.3 Å². The summed E-state index contributed by atoms with van der Waals surface area (Å²) in [5.41, 5.74) is 1.07. The number of hydrogen-bond donors (Lipinski definition) is 1. The van der Waals surface area contributed by atoms with Crippen molar-refractivity contribution in [1.29, 1.82) is 0 Å². The van der Waals surface area contributed by atoms with Gasteiger partial charge in [-0.05, 0) is 18.6 Å². The molecule has 1 aliphatic heterocycles. The van der Waals surface area contributed by atoms with Gasteiger partial charge in [0.1, 0.15) is 11.9 Å². The van der Waals surface area contributed by atoms with E-state index in [2.05, 4.69) is 5.32 Å². The number of benzene rings is 1. The topological polar surface area (TPSA) is 56.8 Å². The monoisotopic (exact) mass is 279 g/mol. The highest BCUT2D eigenvalue weighted by molar-refractivity contribution is 5.76. The van der Waals surface area contributed by atoms with Crippen LogP contribution in [0, 0.1) is 6.92 Å². The number of para-hydroxylation sites is 1. The van der Waals surface area contributed by atoms with Crippen LogP contribution in [0.15, 0.2) is 24.3 Å². The lowest BCUT2D eigenvalue weighted by Gasteiger charge is -2.17. The van der Waals surface area contributed by atoms with Gasteiger partial charge < -0.3 is 19.5 Å². The molecule has 5 nitrogen and oxygen atoms in total. The maximum Gasteiger partial charge on any atom is 0.223 e. The third-order valence-electron chi connectivity index (χ3n) is 3.36. The number of carbonyl (C=O) groups is 1. The van der Waals surface area contributed by atoms with Crippen molar-refractivity contribution in [2.45, 2.75) is 25.5 Å². The van der Waals surface area contributed by atoms with Crippen LogP contribution < -0.4 is 10.1 Å². The molecule has 5 heteroatoms. The quantitative estimate of drug-likeness (QED) is 0.852. The summed E-state index contributed by atoms with van der Waals surface area (Å²) in [6, 6.07) is 7.69. The smallest absolute Gasteiger partial charge is 0.223 e. The number of methoxy groups -OCH3 is 1. The molecule has 1 N–H and O–H groups in total. The van der Waals surface area contributed by atoms with Crippen LogP contribution in [0.25, 0.3) is 0 Å². The fourth-order valence-corrected chi connectivity index (χ4v) is 2.15. The van der Waals surface area contributed by atoms with E-state index in [-0.39, 0.29) is 18.1 Å². The van der Waals surface area contributed by atoms with Gasteiger partial charge in [-0.25, -0.2) is 0 Å².